The van der Waals surface area contributed by atoms with E-state index in [-0.39, 0.29) is 5.56 Å². The van der Waals surface area contributed by atoms with Crippen molar-refractivity contribution in [1.29, 1.82) is 0 Å². The molecule has 1 aliphatic rings. The highest BCUT2D eigenvalue weighted by Crippen LogP contribution is 2.28. The summed E-state index contributed by atoms with van der Waals surface area (Å²) < 4.78 is 55.0. The summed E-state index contributed by atoms with van der Waals surface area (Å²) in [5, 5.41) is 0.619. The Morgan fingerprint density at radius 2 is 1.71 bits per heavy atom. The van der Waals surface area contributed by atoms with Crippen molar-refractivity contribution in [1.82, 2.24) is 9.47 Å². The standard InChI is InChI=1S/C25H27ClF2N2O3S/c1-25(27,28)24(31)22-17-30(23-6-3-2-5-21(22)23)14-4-13-29-15-11-20(12-16-29)34(32,33)19-9-7-18(26)8-10-19/h2-3,5-10,17,20H,4,11-16H2,1H3. The molecule has 0 bridgehead atoms. The largest absolute Gasteiger partial charge is 0.347 e. The molecular weight excluding hydrogens is 482 g/mol. The summed E-state index contributed by atoms with van der Waals surface area (Å²) in [5.41, 5.74) is 0.791. The topological polar surface area (TPSA) is 59.4 Å². The molecule has 9 heteroatoms. The molecule has 4 rings (SSSR count). The van der Waals surface area contributed by atoms with Gasteiger partial charge in [0.25, 0.3) is 0 Å². The van der Waals surface area contributed by atoms with Crippen LogP contribution >= 0.6 is 11.6 Å². The van der Waals surface area contributed by atoms with Crippen LogP contribution in [0.1, 0.15) is 36.5 Å². The lowest BCUT2D eigenvalue weighted by molar-refractivity contribution is 0.0223. The summed E-state index contributed by atoms with van der Waals surface area (Å²) in [7, 11) is -3.39. The van der Waals surface area contributed by atoms with Crippen molar-refractivity contribution in [3.63, 3.8) is 0 Å². The third-order valence-corrected chi connectivity index (χ3v) is 8.95. The molecule has 0 atom stereocenters. The van der Waals surface area contributed by atoms with Crippen molar-refractivity contribution in [2.24, 2.45) is 0 Å². The van der Waals surface area contributed by atoms with Crippen LogP contribution in [0.25, 0.3) is 10.9 Å². The molecule has 0 radical (unpaired) electrons. The lowest BCUT2D eigenvalue weighted by Gasteiger charge is -2.31. The minimum Gasteiger partial charge on any atom is -0.347 e. The van der Waals surface area contributed by atoms with E-state index in [1.807, 2.05) is 16.7 Å². The molecule has 1 saturated heterocycles. The number of nitrogens with zero attached hydrogens (tertiary/aromatic N) is 2. The molecule has 1 fully saturated rings. The molecule has 3 aromatic rings. The lowest BCUT2D eigenvalue weighted by Crippen LogP contribution is -2.39. The predicted molar refractivity (Wildman–Crippen MR) is 130 cm³/mol. The SMILES string of the molecule is CC(F)(F)C(=O)c1cn(CCCN2CCC(S(=O)(=O)c3ccc(Cl)cc3)CC2)c2ccccc12. The van der Waals surface area contributed by atoms with Gasteiger partial charge in [-0.2, -0.15) is 8.78 Å². The summed E-state index contributed by atoms with van der Waals surface area (Å²) in [6.07, 6.45) is 3.39. The Morgan fingerprint density at radius 3 is 2.35 bits per heavy atom. The summed E-state index contributed by atoms with van der Waals surface area (Å²) in [6.45, 7) is 3.31. The van der Waals surface area contributed by atoms with E-state index >= 15 is 0 Å². The molecular formula is C25H27ClF2N2O3S. The first-order valence-electron chi connectivity index (χ1n) is 11.3. The highest BCUT2D eigenvalue weighted by atomic mass is 35.5. The number of carbonyl (C=O) groups is 1. The van der Waals surface area contributed by atoms with Gasteiger partial charge in [-0.1, -0.05) is 29.8 Å². The van der Waals surface area contributed by atoms with E-state index in [2.05, 4.69) is 4.90 Å². The van der Waals surface area contributed by atoms with E-state index in [1.54, 1.807) is 36.4 Å². The smallest absolute Gasteiger partial charge is 0.307 e. The fourth-order valence-electron chi connectivity index (χ4n) is 4.57. The molecule has 0 saturated carbocycles. The van der Waals surface area contributed by atoms with E-state index in [4.69, 9.17) is 11.6 Å². The minimum atomic E-state index is -3.42. The van der Waals surface area contributed by atoms with Gasteiger partial charge in [0, 0.05) is 41.2 Å². The van der Waals surface area contributed by atoms with Gasteiger partial charge in [0.05, 0.1) is 10.1 Å². The van der Waals surface area contributed by atoms with Gasteiger partial charge in [-0.05, 0) is 69.2 Å². The summed E-state index contributed by atoms with van der Waals surface area (Å²) >= 11 is 5.88. The molecule has 0 amide bonds. The van der Waals surface area contributed by atoms with Gasteiger partial charge < -0.3 is 9.47 Å². The number of benzene rings is 2. The Labute approximate surface area is 203 Å². The first kappa shape index (κ1) is 24.8. The van der Waals surface area contributed by atoms with Crippen LogP contribution in [0.2, 0.25) is 5.02 Å². The second kappa shape index (κ2) is 9.76. The minimum absolute atomic E-state index is 0.0383. The van der Waals surface area contributed by atoms with Crippen molar-refractivity contribution in [3.8, 4) is 0 Å². The average Bonchev–Trinajstić information content (AvgIpc) is 3.17. The van der Waals surface area contributed by atoms with Crippen molar-refractivity contribution in [3.05, 3.63) is 65.3 Å². The van der Waals surface area contributed by atoms with Gasteiger partial charge in [0.15, 0.2) is 9.84 Å². The fraction of sp³-hybridized carbons (Fsp3) is 0.400. The zero-order valence-corrected chi connectivity index (χ0v) is 20.5. The number of halogens is 3. The number of piperidine rings is 1. The Kier molecular flexibility index (Phi) is 7.12. The van der Waals surface area contributed by atoms with Gasteiger partial charge in [0.2, 0.25) is 5.78 Å². The van der Waals surface area contributed by atoms with Crippen LogP contribution in [-0.2, 0) is 16.4 Å². The van der Waals surface area contributed by atoms with Crippen molar-refractivity contribution in [2.75, 3.05) is 19.6 Å². The predicted octanol–water partition coefficient (Wildman–Crippen LogP) is 5.46. The number of fused-ring (bicyclic) bond motifs is 1. The quantitative estimate of drug-likeness (QED) is 0.379. The maximum Gasteiger partial charge on any atom is 0.307 e. The summed E-state index contributed by atoms with van der Waals surface area (Å²) in [5.74, 6) is -4.60. The number of hydrogen-bond acceptors (Lipinski definition) is 4. The summed E-state index contributed by atoms with van der Waals surface area (Å²) in [6, 6.07) is 13.4. The third-order valence-electron chi connectivity index (χ3n) is 6.42. The number of rotatable bonds is 8. The number of carbonyl (C=O) groups excluding carboxylic acids is 1. The molecule has 1 aromatic heterocycles. The van der Waals surface area contributed by atoms with Crippen LogP contribution in [0, 0.1) is 0 Å². The van der Waals surface area contributed by atoms with Gasteiger partial charge in [-0.25, -0.2) is 8.42 Å². The zero-order valence-electron chi connectivity index (χ0n) is 18.9. The number of likely N-dealkylation sites (tertiary alicyclic amines) is 1. The van der Waals surface area contributed by atoms with Crippen LogP contribution < -0.4 is 0 Å². The Morgan fingerprint density at radius 1 is 1.06 bits per heavy atom. The third kappa shape index (κ3) is 5.19. The van der Waals surface area contributed by atoms with Gasteiger partial charge >= 0.3 is 5.92 Å². The van der Waals surface area contributed by atoms with E-state index < -0.39 is 26.8 Å². The Hall–Kier alpha value is -2.29. The normalized spacial score (nSPS) is 16.2. The van der Waals surface area contributed by atoms with E-state index in [0.717, 1.165) is 18.5 Å². The molecule has 0 unspecified atom stereocenters. The highest BCUT2D eigenvalue weighted by Gasteiger charge is 2.35. The van der Waals surface area contributed by atoms with Crippen LogP contribution in [0.15, 0.2) is 59.6 Å². The molecule has 2 aromatic carbocycles. The zero-order chi connectivity index (χ0) is 24.5. The van der Waals surface area contributed by atoms with Gasteiger partial charge in [0.1, 0.15) is 0 Å². The van der Waals surface area contributed by atoms with E-state index in [9.17, 15) is 22.0 Å². The molecule has 1 aliphatic heterocycles. The monoisotopic (exact) mass is 508 g/mol. The van der Waals surface area contributed by atoms with Crippen LogP contribution in [-0.4, -0.2) is 54.5 Å². The van der Waals surface area contributed by atoms with Gasteiger partial charge in [-0.15, -0.1) is 0 Å². The number of ketones is 1. The maximum atomic E-state index is 13.7. The second-order valence-electron chi connectivity index (χ2n) is 8.86. The number of hydrogen-bond donors (Lipinski definition) is 0. The lowest BCUT2D eigenvalue weighted by atomic mass is 10.1. The first-order chi connectivity index (χ1) is 16.1. The van der Waals surface area contributed by atoms with Crippen LogP contribution in [0.5, 0.6) is 0 Å². The molecule has 5 nitrogen and oxygen atoms in total. The van der Waals surface area contributed by atoms with Gasteiger partial charge in [-0.3, -0.25) is 4.79 Å². The number of alkyl halides is 2. The van der Waals surface area contributed by atoms with Crippen LogP contribution in [0.3, 0.4) is 0 Å². The molecule has 0 spiro atoms. The molecule has 182 valence electrons. The fourth-order valence-corrected chi connectivity index (χ4v) is 6.43. The molecule has 0 aliphatic carbocycles. The average molecular weight is 509 g/mol. The highest BCUT2D eigenvalue weighted by molar-refractivity contribution is 7.92. The molecule has 2 heterocycles. The second-order valence-corrected chi connectivity index (χ2v) is 11.5. The van der Waals surface area contributed by atoms with Crippen molar-refractivity contribution in [2.45, 2.75) is 48.8 Å². The van der Waals surface area contributed by atoms with E-state index in [0.29, 0.717) is 54.7 Å². The van der Waals surface area contributed by atoms with Crippen molar-refractivity contribution >= 4 is 38.1 Å². The molecule has 34 heavy (non-hydrogen) atoms. The number of para-hydroxylation sites is 1. The Balaban J connectivity index is 1.36. The first-order valence-corrected chi connectivity index (χ1v) is 13.2. The summed E-state index contributed by atoms with van der Waals surface area (Å²) in [4.78, 5) is 14.7. The number of aryl methyl sites for hydroxylation is 1. The van der Waals surface area contributed by atoms with Crippen LogP contribution in [0.4, 0.5) is 8.78 Å². The molecule has 0 N–H and O–H groups in total. The Bertz CT molecular complexity index is 1280. The number of Topliss-reactive ketones (excluding diaryl/α,β-unsaturated/α-hetero) is 1. The number of sulfone groups is 1. The maximum absolute atomic E-state index is 13.7. The number of aromatic nitrogens is 1. The van der Waals surface area contributed by atoms with E-state index in [1.165, 1.54) is 6.20 Å². The van der Waals surface area contributed by atoms with Crippen molar-refractivity contribution < 1.29 is 22.0 Å².